The van der Waals surface area contributed by atoms with Crippen molar-refractivity contribution in [1.29, 1.82) is 0 Å². The Bertz CT molecular complexity index is 410. The molecule has 2 nitrogen and oxygen atoms in total. The normalized spacial score (nSPS) is 17.3. The quantitative estimate of drug-likeness (QED) is 0.683. The zero-order chi connectivity index (χ0) is 11.1. The van der Waals surface area contributed by atoms with E-state index >= 15 is 0 Å². The van der Waals surface area contributed by atoms with Crippen molar-refractivity contribution in [1.82, 2.24) is 0 Å². The van der Waals surface area contributed by atoms with E-state index in [1.807, 2.05) is 12.1 Å². The highest BCUT2D eigenvalue weighted by atomic mass is 32.2. The zero-order valence-electron chi connectivity index (χ0n) is 9.16. The smallest absolute Gasteiger partial charge is 0.339 e. The molecule has 1 aliphatic rings. The molecule has 0 aliphatic carbocycles. The van der Waals surface area contributed by atoms with Crippen molar-refractivity contribution in [2.24, 2.45) is 0 Å². The molecule has 15 heavy (non-hydrogen) atoms. The number of thioether (sulfide) groups is 1. The summed E-state index contributed by atoms with van der Waals surface area (Å²) in [4.78, 5) is 12.6. The lowest BCUT2D eigenvalue weighted by atomic mass is 10.0. The first kappa shape index (κ1) is 10.6. The van der Waals surface area contributed by atoms with Gasteiger partial charge in [-0.1, -0.05) is 26.0 Å². The fourth-order valence-corrected chi connectivity index (χ4v) is 3.20. The molecular formula is C12H14O2S. The molecule has 2 rings (SSSR count). The molecule has 0 saturated carbocycles. The summed E-state index contributed by atoms with van der Waals surface area (Å²) in [6, 6.07) is 5.84. The van der Waals surface area contributed by atoms with Crippen LogP contribution in [0.2, 0.25) is 0 Å². The minimum absolute atomic E-state index is 0.187. The Labute approximate surface area is 94.0 Å². The second kappa shape index (κ2) is 3.56. The van der Waals surface area contributed by atoms with Crippen LogP contribution in [0.15, 0.2) is 23.1 Å². The number of carbonyl (C=O) groups is 1. The van der Waals surface area contributed by atoms with E-state index in [1.165, 1.54) is 12.7 Å². The lowest BCUT2D eigenvalue weighted by Gasteiger charge is -2.14. The van der Waals surface area contributed by atoms with Gasteiger partial charge in [0.1, 0.15) is 0 Å². The molecule has 0 fully saturated rings. The minimum Gasteiger partial charge on any atom is -0.465 e. The Kier molecular flexibility index (Phi) is 2.51. The van der Waals surface area contributed by atoms with Crippen molar-refractivity contribution in [2.75, 3.05) is 7.11 Å². The Morgan fingerprint density at radius 3 is 2.87 bits per heavy atom. The van der Waals surface area contributed by atoms with E-state index in [0.29, 0.717) is 5.56 Å². The summed E-state index contributed by atoms with van der Waals surface area (Å²) < 4.78 is 4.96. The number of rotatable bonds is 1. The summed E-state index contributed by atoms with van der Waals surface area (Å²) in [5.74, 6) is -0.239. The second-order valence-electron chi connectivity index (χ2n) is 4.32. The van der Waals surface area contributed by atoms with Gasteiger partial charge < -0.3 is 4.74 Å². The van der Waals surface area contributed by atoms with Crippen LogP contribution >= 0.6 is 11.8 Å². The van der Waals surface area contributed by atoms with Crippen LogP contribution in [-0.2, 0) is 11.2 Å². The zero-order valence-corrected chi connectivity index (χ0v) is 9.98. The predicted octanol–water partition coefficient (Wildman–Crippen LogP) is 2.90. The molecule has 1 heterocycles. The number of benzene rings is 1. The van der Waals surface area contributed by atoms with Crippen LogP contribution < -0.4 is 0 Å². The fourth-order valence-electron chi connectivity index (χ4n) is 1.89. The summed E-state index contributed by atoms with van der Waals surface area (Å²) >= 11 is 1.76. The molecule has 1 aromatic carbocycles. The average Bonchev–Trinajstić information content (AvgIpc) is 2.49. The number of ether oxygens (including phenoxy) is 1. The second-order valence-corrected chi connectivity index (χ2v) is 6.04. The molecule has 0 spiro atoms. The molecule has 0 bridgehead atoms. The van der Waals surface area contributed by atoms with Gasteiger partial charge in [-0.15, -0.1) is 11.8 Å². The summed E-state index contributed by atoms with van der Waals surface area (Å²) in [5, 5.41) is 0. The predicted molar refractivity (Wildman–Crippen MR) is 61.4 cm³/mol. The topological polar surface area (TPSA) is 26.3 Å². The number of methoxy groups -OCH3 is 1. The first-order valence-electron chi connectivity index (χ1n) is 4.93. The van der Waals surface area contributed by atoms with Crippen molar-refractivity contribution in [2.45, 2.75) is 29.9 Å². The van der Waals surface area contributed by atoms with Crippen LogP contribution in [0.3, 0.4) is 0 Å². The van der Waals surface area contributed by atoms with Crippen molar-refractivity contribution in [3.8, 4) is 0 Å². The van der Waals surface area contributed by atoms with Crippen molar-refractivity contribution < 1.29 is 9.53 Å². The van der Waals surface area contributed by atoms with Gasteiger partial charge in [0.2, 0.25) is 0 Å². The maximum atomic E-state index is 11.5. The highest BCUT2D eigenvalue weighted by Gasteiger charge is 2.32. The Hall–Kier alpha value is -0.960. The molecule has 0 saturated heterocycles. The van der Waals surface area contributed by atoms with Gasteiger partial charge in [-0.3, -0.25) is 0 Å². The first-order chi connectivity index (χ1) is 7.03. The molecule has 1 aromatic rings. The van der Waals surface area contributed by atoms with Crippen LogP contribution in [0.4, 0.5) is 0 Å². The van der Waals surface area contributed by atoms with Gasteiger partial charge in [-0.2, -0.15) is 0 Å². The van der Waals surface area contributed by atoms with E-state index in [-0.39, 0.29) is 10.7 Å². The summed E-state index contributed by atoms with van der Waals surface area (Å²) in [5.41, 5.74) is 1.96. The van der Waals surface area contributed by atoms with Crippen LogP contribution in [0.1, 0.15) is 29.8 Å². The number of fused-ring (bicyclic) bond motifs is 1. The number of hydrogen-bond acceptors (Lipinski definition) is 3. The molecular weight excluding hydrogens is 208 g/mol. The number of carbonyl (C=O) groups excluding carboxylic acids is 1. The van der Waals surface area contributed by atoms with Crippen LogP contribution in [0.25, 0.3) is 0 Å². The van der Waals surface area contributed by atoms with Gasteiger partial charge in [0.05, 0.1) is 12.7 Å². The molecule has 0 N–H and O–H groups in total. The molecule has 0 unspecified atom stereocenters. The summed E-state index contributed by atoms with van der Waals surface area (Å²) in [6.45, 7) is 4.39. The van der Waals surface area contributed by atoms with Crippen LogP contribution in [0, 0.1) is 0 Å². The molecule has 0 radical (unpaired) electrons. The SMILES string of the molecule is COC(=O)c1cccc2c1SC(C)(C)C2. The van der Waals surface area contributed by atoms with Gasteiger partial charge in [0, 0.05) is 9.64 Å². The van der Waals surface area contributed by atoms with E-state index in [9.17, 15) is 4.79 Å². The van der Waals surface area contributed by atoms with Gasteiger partial charge in [0.25, 0.3) is 0 Å². The van der Waals surface area contributed by atoms with E-state index in [0.717, 1.165) is 11.3 Å². The van der Waals surface area contributed by atoms with Crippen LogP contribution in [0.5, 0.6) is 0 Å². The minimum atomic E-state index is -0.239. The summed E-state index contributed by atoms with van der Waals surface area (Å²) in [6.07, 6.45) is 1.01. The van der Waals surface area contributed by atoms with Gasteiger partial charge in [-0.25, -0.2) is 4.79 Å². The largest absolute Gasteiger partial charge is 0.465 e. The average molecular weight is 222 g/mol. The highest BCUT2D eigenvalue weighted by molar-refractivity contribution is 8.01. The number of esters is 1. The lowest BCUT2D eigenvalue weighted by Crippen LogP contribution is -2.11. The molecule has 80 valence electrons. The lowest BCUT2D eigenvalue weighted by molar-refractivity contribution is 0.0596. The Balaban J connectivity index is 2.46. The third-order valence-electron chi connectivity index (χ3n) is 2.50. The first-order valence-corrected chi connectivity index (χ1v) is 5.74. The van der Waals surface area contributed by atoms with Gasteiger partial charge in [0.15, 0.2) is 0 Å². The Morgan fingerprint density at radius 2 is 2.20 bits per heavy atom. The monoisotopic (exact) mass is 222 g/mol. The van der Waals surface area contributed by atoms with Gasteiger partial charge in [-0.05, 0) is 18.1 Å². The number of hydrogen-bond donors (Lipinski definition) is 0. The van der Waals surface area contributed by atoms with E-state index < -0.39 is 0 Å². The third kappa shape index (κ3) is 1.88. The molecule has 0 atom stereocenters. The van der Waals surface area contributed by atoms with Crippen molar-refractivity contribution in [3.63, 3.8) is 0 Å². The maximum absolute atomic E-state index is 11.5. The summed E-state index contributed by atoms with van der Waals surface area (Å²) in [7, 11) is 1.42. The highest BCUT2D eigenvalue weighted by Crippen LogP contribution is 2.46. The standard InChI is InChI=1S/C12H14O2S/c1-12(2)7-8-5-4-6-9(10(8)15-12)11(13)14-3/h4-6H,7H2,1-3H3. The Morgan fingerprint density at radius 1 is 1.47 bits per heavy atom. The van der Waals surface area contributed by atoms with Crippen molar-refractivity contribution in [3.05, 3.63) is 29.3 Å². The molecule has 1 aliphatic heterocycles. The molecule has 3 heteroatoms. The maximum Gasteiger partial charge on any atom is 0.339 e. The van der Waals surface area contributed by atoms with E-state index in [2.05, 4.69) is 19.9 Å². The van der Waals surface area contributed by atoms with Gasteiger partial charge >= 0.3 is 5.97 Å². The van der Waals surface area contributed by atoms with E-state index in [1.54, 1.807) is 11.8 Å². The molecule has 0 amide bonds. The fraction of sp³-hybridized carbons (Fsp3) is 0.417. The van der Waals surface area contributed by atoms with E-state index in [4.69, 9.17) is 4.74 Å². The third-order valence-corrected chi connectivity index (χ3v) is 3.88. The van der Waals surface area contributed by atoms with Crippen molar-refractivity contribution >= 4 is 17.7 Å². The van der Waals surface area contributed by atoms with Crippen LogP contribution in [-0.4, -0.2) is 17.8 Å². The molecule has 0 aromatic heterocycles.